The van der Waals surface area contributed by atoms with Crippen molar-refractivity contribution in [1.29, 1.82) is 0 Å². The highest BCUT2D eigenvalue weighted by Crippen LogP contribution is 2.37. The van der Waals surface area contributed by atoms with E-state index in [4.69, 9.17) is 10.5 Å². The average molecular weight is 383 g/mol. The Hall–Kier alpha value is -1.23. The quantitative estimate of drug-likeness (QED) is 0.700. The van der Waals surface area contributed by atoms with Gasteiger partial charge in [0.2, 0.25) is 0 Å². The molecule has 1 saturated heterocycles. The van der Waals surface area contributed by atoms with Gasteiger partial charge in [-0.1, -0.05) is 6.07 Å². The van der Waals surface area contributed by atoms with Crippen molar-refractivity contribution in [3.05, 3.63) is 28.2 Å². The predicted octanol–water partition coefficient (Wildman–Crippen LogP) is 4.92. The van der Waals surface area contributed by atoms with Gasteiger partial charge < -0.3 is 15.4 Å². The largest absolute Gasteiger partial charge is 0.444 e. The van der Waals surface area contributed by atoms with Gasteiger partial charge in [-0.15, -0.1) is 0 Å². The summed E-state index contributed by atoms with van der Waals surface area (Å²) in [4.78, 5) is 14.3. The van der Waals surface area contributed by atoms with E-state index in [0.29, 0.717) is 5.92 Å². The molecule has 5 heteroatoms. The van der Waals surface area contributed by atoms with Crippen LogP contribution in [-0.4, -0.2) is 28.7 Å². The van der Waals surface area contributed by atoms with E-state index in [1.165, 1.54) is 5.56 Å². The summed E-state index contributed by atoms with van der Waals surface area (Å²) in [6.07, 6.45) is 1.65. The summed E-state index contributed by atoms with van der Waals surface area (Å²) in [7, 11) is 0. The minimum Gasteiger partial charge on any atom is -0.444 e. The Morgan fingerprint density at radius 3 is 2.30 bits per heavy atom. The zero-order valence-electron chi connectivity index (χ0n) is 14.6. The lowest BCUT2D eigenvalue weighted by Crippen LogP contribution is -2.51. The lowest BCUT2D eigenvalue weighted by Gasteiger charge is -2.43. The van der Waals surface area contributed by atoms with E-state index in [0.717, 1.165) is 23.0 Å². The fraction of sp³-hybridized carbons (Fsp3) is 0.611. The van der Waals surface area contributed by atoms with E-state index in [9.17, 15) is 4.79 Å². The van der Waals surface area contributed by atoms with Gasteiger partial charge in [-0.3, -0.25) is 0 Å². The lowest BCUT2D eigenvalue weighted by molar-refractivity contribution is -0.00254. The second-order valence-corrected chi connectivity index (χ2v) is 8.39. The Morgan fingerprint density at radius 2 is 1.83 bits per heavy atom. The van der Waals surface area contributed by atoms with Crippen molar-refractivity contribution in [1.82, 2.24) is 4.90 Å². The van der Waals surface area contributed by atoms with Crippen molar-refractivity contribution < 1.29 is 9.53 Å². The van der Waals surface area contributed by atoms with Crippen LogP contribution in [0.5, 0.6) is 0 Å². The molecule has 0 spiro atoms. The molecule has 1 heterocycles. The molecule has 0 radical (unpaired) electrons. The number of amides is 1. The highest BCUT2D eigenvalue weighted by molar-refractivity contribution is 9.10. The number of hydrogen-bond donors (Lipinski definition) is 1. The summed E-state index contributed by atoms with van der Waals surface area (Å²) in [5, 5.41) is 0. The molecule has 0 aromatic heterocycles. The summed E-state index contributed by atoms with van der Waals surface area (Å²) in [6.45, 7) is 9.90. The molecule has 1 aromatic carbocycles. The Bertz CT molecular complexity index is 571. The number of nitrogens with zero attached hydrogens (tertiary/aromatic N) is 1. The maximum absolute atomic E-state index is 12.5. The number of nitrogens with two attached hydrogens (primary N) is 1. The number of benzene rings is 1. The highest BCUT2D eigenvalue weighted by atomic mass is 79.9. The van der Waals surface area contributed by atoms with Crippen LogP contribution in [0.3, 0.4) is 0 Å². The topological polar surface area (TPSA) is 55.6 Å². The third-order valence-electron chi connectivity index (χ3n) is 4.30. The summed E-state index contributed by atoms with van der Waals surface area (Å²) in [6, 6.07) is 6.43. The molecule has 0 unspecified atom stereocenters. The monoisotopic (exact) mass is 382 g/mol. The van der Waals surface area contributed by atoms with E-state index in [2.05, 4.69) is 41.9 Å². The van der Waals surface area contributed by atoms with Crippen molar-refractivity contribution in [2.45, 2.75) is 71.1 Å². The Labute approximate surface area is 147 Å². The molecule has 1 aromatic rings. The van der Waals surface area contributed by atoms with Crippen LogP contribution in [-0.2, 0) is 4.74 Å². The first-order valence-electron chi connectivity index (χ1n) is 8.14. The number of carbonyl (C=O) groups is 1. The van der Waals surface area contributed by atoms with E-state index in [1.807, 2.05) is 31.7 Å². The molecule has 23 heavy (non-hydrogen) atoms. The van der Waals surface area contributed by atoms with Crippen LogP contribution in [0.25, 0.3) is 0 Å². The van der Waals surface area contributed by atoms with Crippen LogP contribution in [0.2, 0.25) is 0 Å². The van der Waals surface area contributed by atoms with Crippen LogP contribution >= 0.6 is 15.9 Å². The number of carbonyl (C=O) groups excluding carboxylic acids is 1. The molecule has 128 valence electrons. The summed E-state index contributed by atoms with van der Waals surface area (Å²) >= 11 is 3.50. The van der Waals surface area contributed by atoms with Crippen LogP contribution in [0.15, 0.2) is 22.7 Å². The van der Waals surface area contributed by atoms with Gasteiger partial charge >= 0.3 is 6.09 Å². The Balaban J connectivity index is 2.12. The number of likely N-dealkylation sites (tertiary alicyclic amines) is 1. The first-order chi connectivity index (χ1) is 10.6. The highest BCUT2D eigenvalue weighted by Gasteiger charge is 2.36. The molecule has 1 aliphatic heterocycles. The molecule has 0 aliphatic carbocycles. The van der Waals surface area contributed by atoms with Crippen LogP contribution in [0, 0.1) is 0 Å². The van der Waals surface area contributed by atoms with Crippen molar-refractivity contribution in [3.63, 3.8) is 0 Å². The molecule has 2 N–H and O–H groups in total. The molecule has 1 fully saturated rings. The summed E-state index contributed by atoms with van der Waals surface area (Å²) in [5.41, 5.74) is 7.44. The zero-order valence-corrected chi connectivity index (χ0v) is 16.2. The number of ether oxygens (including phenoxy) is 1. The number of hydrogen-bond acceptors (Lipinski definition) is 3. The lowest BCUT2D eigenvalue weighted by atomic mass is 9.82. The van der Waals surface area contributed by atoms with Gasteiger partial charge in [0.15, 0.2) is 0 Å². The molecule has 0 bridgehead atoms. The smallest absolute Gasteiger partial charge is 0.410 e. The fourth-order valence-corrected chi connectivity index (χ4v) is 3.72. The van der Waals surface area contributed by atoms with Crippen molar-refractivity contribution >= 4 is 27.7 Å². The number of piperidine rings is 1. The third kappa shape index (κ3) is 4.40. The standard InChI is InChI=1S/C18H27BrN2O2/c1-11-8-14(13-6-7-16(20)15(19)10-13)9-12(2)21(11)17(22)23-18(3,4)5/h6-7,10-12,14H,8-9,20H2,1-5H3/t11-,12-/m1/s1. The molecule has 1 amide bonds. The van der Waals surface area contributed by atoms with Crippen molar-refractivity contribution in [2.75, 3.05) is 5.73 Å². The van der Waals surface area contributed by atoms with Gasteiger partial charge in [-0.2, -0.15) is 0 Å². The van der Waals surface area contributed by atoms with Crippen molar-refractivity contribution in [2.24, 2.45) is 0 Å². The minimum atomic E-state index is -0.463. The van der Waals surface area contributed by atoms with Gasteiger partial charge in [0.1, 0.15) is 5.60 Å². The molecule has 0 saturated carbocycles. The third-order valence-corrected chi connectivity index (χ3v) is 4.99. The Morgan fingerprint density at radius 1 is 1.26 bits per heavy atom. The first kappa shape index (κ1) is 18.1. The van der Waals surface area contributed by atoms with Gasteiger partial charge in [-0.05, 0) is 87.0 Å². The number of anilines is 1. The van der Waals surface area contributed by atoms with Crippen LogP contribution in [0.1, 0.15) is 58.9 Å². The van der Waals surface area contributed by atoms with Gasteiger partial charge in [0.25, 0.3) is 0 Å². The predicted molar refractivity (Wildman–Crippen MR) is 97.5 cm³/mol. The van der Waals surface area contributed by atoms with Gasteiger partial charge in [0.05, 0.1) is 0 Å². The zero-order chi connectivity index (χ0) is 17.4. The Kier molecular flexibility index (Phi) is 5.29. The number of halogens is 1. The molecular formula is C18H27BrN2O2. The van der Waals surface area contributed by atoms with E-state index in [-0.39, 0.29) is 18.2 Å². The summed E-state index contributed by atoms with van der Waals surface area (Å²) in [5.74, 6) is 0.426. The maximum atomic E-state index is 12.5. The second-order valence-electron chi connectivity index (χ2n) is 7.53. The number of rotatable bonds is 1. The minimum absolute atomic E-state index is 0.148. The van der Waals surface area contributed by atoms with Gasteiger partial charge in [0, 0.05) is 22.2 Å². The normalized spacial score (nSPS) is 25.3. The van der Waals surface area contributed by atoms with Crippen molar-refractivity contribution in [3.8, 4) is 0 Å². The SMILES string of the molecule is C[C@@H]1CC(c2ccc(N)c(Br)c2)C[C@@H](C)N1C(=O)OC(C)(C)C. The van der Waals surface area contributed by atoms with Crippen LogP contribution in [0.4, 0.5) is 10.5 Å². The van der Waals surface area contributed by atoms with Crippen LogP contribution < -0.4 is 5.73 Å². The second kappa shape index (κ2) is 6.71. The molecule has 4 nitrogen and oxygen atoms in total. The molecule has 1 aliphatic rings. The fourth-order valence-electron chi connectivity index (χ4n) is 3.33. The first-order valence-corrected chi connectivity index (χ1v) is 8.94. The average Bonchev–Trinajstić information content (AvgIpc) is 2.38. The maximum Gasteiger partial charge on any atom is 0.410 e. The molecular weight excluding hydrogens is 356 g/mol. The molecule has 2 atom stereocenters. The summed E-state index contributed by atoms with van der Waals surface area (Å²) < 4.78 is 6.49. The van der Waals surface area contributed by atoms with E-state index in [1.54, 1.807) is 0 Å². The van der Waals surface area contributed by atoms with E-state index >= 15 is 0 Å². The number of nitrogen functional groups attached to an aromatic ring is 1. The van der Waals surface area contributed by atoms with E-state index < -0.39 is 5.60 Å². The van der Waals surface area contributed by atoms with Gasteiger partial charge in [-0.25, -0.2) is 4.79 Å². The molecule has 2 rings (SSSR count).